The van der Waals surface area contributed by atoms with Gasteiger partial charge in [0, 0.05) is 0 Å². The van der Waals surface area contributed by atoms with Crippen LogP contribution >= 0.6 is 0 Å². The molecule has 2 N–H and O–H groups in total. The molecule has 2 aliphatic rings. The molecule has 1 aromatic rings. The second-order valence-electron chi connectivity index (χ2n) is 5.90. The molecule has 0 heterocycles. The van der Waals surface area contributed by atoms with E-state index in [1.807, 2.05) is 6.07 Å². The third-order valence-electron chi connectivity index (χ3n) is 4.61. The van der Waals surface area contributed by atoms with Gasteiger partial charge in [-0.3, -0.25) is 0 Å². The van der Waals surface area contributed by atoms with E-state index in [4.69, 9.17) is 10.5 Å². The highest BCUT2D eigenvalue weighted by Gasteiger charge is 2.52. The van der Waals surface area contributed by atoms with E-state index in [2.05, 4.69) is 18.2 Å². The van der Waals surface area contributed by atoms with Gasteiger partial charge in [-0.15, -0.1) is 0 Å². The molecule has 92 valence electrons. The van der Waals surface area contributed by atoms with Crippen molar-refractivity contribution >= 4 is 0 Å². The van der Waals surface area contributed by atoms with Crippen molar-refractivity contribution in [1.29, 1.82) is 0 Å². The van der Waals surface area contributed by atoms with Crippen molar-refractivity contribution in [3.8, 4) is 5.75 Å². The van der Waals surface area contributed by atoms with Crippen LogP contribution in [-0.4, -0.2) is 13.7 Å². The van der Waals surface area contributed by atoms with Crippen molar-refractivity contribution in [3.63, 3.8) is 0 Å². The number of fused-ring (bicyclic) bond motifs is 1. The Balaban J connectivity index is 1.76. The summed E-state index contributed by atoms with van der Waals surface area (Å²) >= 11 is 0. The van der Waals surface area contributed by atoms with Gasteiger partial charge in [0.05, 0.1) is 7.11 Å². The summed E-state index contributed by atoms with van der Waals surface area (Å²) in [6.07, 6.45) is 5.25. The lowest BCUT2D eigenvalue weighted by atomic mass is 9.77. The molecule has 0 amide bonds. The molecule has 0 saturated heterocycles. The number of ether oxygens (including phenoxy) is 1. The third-order valence-corrected chi connectivity index (χ3v) is 4.61. The first kappa shape index (κ1) is 11.1. The van der Waals surface area contributed by atoms with E-state index < -0.39 is 0 Å². The Hall–Kier alpha value is -1.02. The highest BCUT2D eigenvalue weighted by atomic mass is 16.5. The van der Waals surface area contributed by atoms with Crippen LogP contribution in [0.3, 0.4) is 0 Å². The van der Waals surface area contributed by atoms with Crippen molar-refractivity contribution in [2.24, 2.45) is 23.0 Å². The van der Waals surface area contributed by atoms with Crippen molar-refractivity contribution in [2.75, 3.05) is 13.7 Å². The van der Waals surface area contributed by atoms with Gasteiger partial charge in [0.25, 0.3) is 0 Å². The molecule has 2 aliphatic carbocycles. The number of hydrogen-bond acceptors (Lipinski definition) is 2. The van der Waals surface area contributed by atoms with Crippen LogP contribution in [0.25, 0.3) is 0 Å². The monoisotopic (exact) mass is 231 g/mol. The van der Waals surface area contributed by atoms with Gasteiger partial charge in [0.2, 0.25) is 0 Å². The van der Waals surface area contributed by atoms with E-state index in [1.54, 1.807) is 7.11 Å². The van der Waals surface area contributed by atoms with Crippen LogP contribution in [0.1, 0.15) is 24.8 Å². The molecule has 1 aromatic carbocycles. The SMILES string of the molecule is COc1cccc(CC2(CN)CC3CC3C2)c1. The number of hydrogen-bond donors (Lipinski definition) is 1. The fourth-order valence-corrected chi connectivity index (χ4v) is 3.60. The topological polar surface area (TPSA) is 35.2 Å². The standard InChI is InChI=1S/C15H21NO/c1-17-14-4-2-3-11(5-14)7-15(10-16)8-12-6-13(12)9-15/h2-5,12-13H,6-10,16H2,1H3. The van der Waals surface area contributed by atoms with Gasteiger partial charge in [0.15, 0.2) is 0 Å². The Morgan fingerprint density at radius 2 is 2.12 bits per heavy atom. The van der Waals surface area contributed by atoms with Crippen LogP contribution < -0.4 is 10.5 Å². The summed E-state index contributed by atoms with van der Waals surface area (Å²) in [5.74, 6) is 2.94. The Labute approximate surface area is 103 Å². The van der Waals surface area contributed by atoms with Crippen molar-refractivity contribution in [1.82, 2.24) is 0 Å². The summed E-state index contributed by atoms with van der Waals surface area (Å²) in [7, 11) is 1.72. The number of benzene rings is 1. The van der Waals surface area contributed by atoms with E-state index in [0.29, 0.717) is 5.41 Å². The van der Waals surface area contributed by atoms with E-state index in [1.165, 1.54) is 24.8 Å². The van der Waals surface area contributed by atoms with Crippen molar-refractivity contribution < 1.29 is 4.74 Å². The number of nitrogens with two attached hydrogens (primary N) is 1. The highest BCUT2D eigenvalue weighted by Crippen LogP contribution is 2.60. The highest BCUT2D eigenvalue weighted by molar-refractivity contribution is 5.29. The molecule has 2 saturated carbocycles. The quantitative estimate of drug-likeness (QED) is 0.864. The lowest BCUT2D eigenvalue weighted by molar-refractivity contribution is 0.272. The van der Waals surface area contributed by atoms with Gasteiger partial charge in [-0.05, 0) is 67.2 Å². The maximum Gasteiger partial charge on any atom is 0.119 e. The van der Waals surface area contributed by atoms with Crippen LogP contribution in [0.4, 0.5) is 0 Å². The summed E-state index contributed by atoms with van der Waals surface area (Å²) in [4.78, 5) is 0. The Bertz CT molecular complexity index is 405. The minimum absolute atomic E-state index is 0.375. The molecular formula is C15H21NO. The predicted molar refractivity (Wildman–Crippen MR) is 69.0 cm³/mol. The maximum atomic E-state index is 6.04. The average Bonchev–Trinajstić information content (AvgIpc) is 2.98. The minimum Gasteiger partial charge on any atom is -0.497 e. The zero-order chi connectivity index (χ0) is 11.9. The van der Waals surface area contributed by atoms with Crippen LogP contribution in [-0.2, 0) is 6.42 Å². The summed E-state index contributed by atoms with van der Waals surface area (Å²) in [5, 5.41) is 0. The van der Waals surface area contributed by atoms with Gasteiger partial charge in [-0.1, -0.05) is 12.1 Å². The molecule has 17 heavy (non-hydrogen) atoms. The normalized spacial score (nSPS) is 34.5. The minimum atomic E-state index is 0.375. The Morgan fingerprint density at radius 3 is 2.76 bits per heavy atom. The Kier molecular flexibility index (Phi) is 2.62. The summed E-state index contributed by atoms with van der Waals surface area (Å²) < 4.78 is 5.28. The van der Waals surface area contributed by atoms with Gasteiger partial charge in [-0.25, -0.2) is 0 Å². The van der Waals surface area contributed by atoms with Crippen molar-refractivity contribution in [3.05, 3.63) is 29.8 Å². The molecule has 0 aromatic heterocycles. The second kappa shape index (κ2) is 4.02. The zero-order valence-corrected chi connectivity index (χ0v) is 10.5. The second-order valence-corrected chi connectivity index (χ2v) is 5.90. The summed E-state index contributed by atoms with van der Waals surface area (Å²) in [6, 6.07) is 8.43. The van der Waals surface area contributed by atoms with Gasteiger partial charge in [0.1, 0.15) is 5.75 Å². The maximum absolute atomic E-state index is 6.04. The van der Waals surface area contributed by atoms with Crippen LogP contribution in [0.5, 0.6) is 5.75 Å². The number of methoxy groups -OCH3 is 1. The van der Waals surface area contributed by atoms with E-state index in [0.717, 1.165) is 30.6 Å². The lowest BCUT2D eigenvalue weighted by Gasteiger charge is -2.29. The molecule has 0 bridgehead atoms. The fourth-order valence-electron chi connectivity index (χ4n) is 3.60. The lowest BCUT2D eigenvalue weighted by Crippen LogP contribution is -2.31. The Morgan fingerprint density at radius 1 is 1.35 bits per heavy atom. The summed E-state index contributed by atoms with van der Waals surface area (Å²) in [5.41, 5.74) is 7.79. The molecule has 2 nitrogen and oxygen atoms in total. The molecular weight excluding hydrogens is 210 g/mol. The molecule has 0 spiro atoms. The third kappa shape index (κ3) is 2.06. The summed E-state index contributed by atoms with van der Waals surface area (Å²) in [6.45, 7) is 0.831. The van der Waals surface area contributed by atoms with Crippen LogP contribution in [0, 0.1) is 17.3 Å². The van der Waals surface area contributed by atoms with E-state index >= 15 is 0 Å². The number of rotatable bonds is 4. The largest absolute Gasteiger partial charge is 0.497 e. The molecule has 2 atom stereocenters. The van der Waals surface area contributed by atoms with Gasteiger partial charge >= 0.3 is 0 Å². The molecule has 0 aliphatic heterocycles. The fraction of sp³-hybridized carbons (Fsp3) is 0.600. The van der Waals surface area contributed by atoms with Crippen LogP contribution in [0.15, 0.2) is 24.3 Å². The molecule has 2 fully saturated rings. The van der Waals surface area contributed by atoms with Crippen LogP contribution in [0.2, 0.25) is 0 Å². The first-order chi connectivity index (χ1) is 8.24. The predicted octanol–water partition coefficient (Wildman–Crippen LogP) is 2.61. The van der Waals surface area contributed by atoms with Gasteiger partial charge < -0.3 is 10.5 Å². The average molecular weight is 231 g/mol. The zero-order valence-electron chi connectivity index (χ0n) is 10.5. The van der Waals surface area contributed by atoms with E-state index in [9.17, 15) is 0 Å². The molecule has 3 rings (SSSR count). The van der Waals surface area contributed by atoms with Gasteiger partial charge in [-0.2, -0.15) is 0 Å². The first-order valence-electron chi connectivity index (χ1n) is 6.58. The molecule has 2 unspecified atom stereocenters. The smallest absolute Gasteiger partial charge is 0.119 e. The van der Waals surface area contributed by atoms with Crippen molar-refractivity contribution in [2.45, 2.75) is 25.7 Å². The first-order valence-corrected chi connectivity index (χ1v) is 6.58. The molecule has 2 heteroatoms. The molecule has 0 radical (unpaired) electrons. The van der Waals surface area contributed by atoms with E-state index in [-0.39, 0.29) is 0 Å².